The van der Waals surface area contributed by atoms with Crippen LogP contribution in [0.15, 0.2) is 18.2 Å². The van der Waals surface area contributed by atoms with Gasteiger partial charge in [0.15, 0.2) is 0 Å². The molecule has 0 aromatic heterocycles. The van der Waals surface area contributed by atoms with E-state index in [1.165, 1.54) is 5.56 Å². The van der Waals surface area contributed by atoms with E-state index in [1.807, 2.05) is 18.2 Å². The van der Waals surface area contributed by atoms with E-state index in [1.54, 1.807) is 7.11 Å². The van der Waals surface area contributed by atoms with Crippen molar-refractivity contribution < 1.29 is 9.47 Å². The Morgan fingerprint density at radius 2 is 2.38 bits per heavy atom. The molecule has 70 valence electrons. The molecule has 0 bridgehead atoms. The highest BCUT2D eigenvalue weighted by atomic mass is 16.5. The van der Waals surface area contributed by atoms with Gasteiger partial charge in [-0.25, -0.2) is 0 Å². The SMILES string of the molecule is COc1ccc2c(c1)C(N)COC2. The molecule has 1 aliphatic rings. The fraction of sp³-hybridized carbons (Fsp3) is 0.400. The zero-order valence-corrected chi connectivity index (χ0v) is 7.62. The second-order valence-corrected chi connectivity index (χ2v) is 3.19. The van der Waals surface area contributed by atoms with Crippen molar-refractivity contribution in [1.29, 1.82) is 0 Å². The van der Waals surface area contributed by atoms with E-state index < -0.39 is 0 Å². The van der Waals surface area contributed by atoms with E-state index in [9.17, 15) is 0 Å². The number of benzene rings is 1. The zero-order valence-electron chi connectivity index (χ0n) is 7.62. The third-order valence-electron chi connectivity index (χ3n) is 2.31. The van der Waals surface area contributed by atoms with Crippen LogP contribution in [-0.4, -0.2) is 13.7 Å². The Hall–Kier alpha value is -1.06. The molecule has 0 radical (unpaired) electrons. The number of fused-ring (bicyclic) bond motifs is 1. The molecule has 1 aromatic rings. The average Bonchev–Trinajstić information content (AvgIpc) is 2.18. The van der Waals surface area contributed by atoms with Gasteiger partial charge in [-0.05, 0) is 23.3 Å². The van der Waals surface area contributed by atoms with Gasteiger partial charge in [-0.1, -0.05) is 6.07 Å². The minimum Gasteiger partial charge on any atom is -0.497 e. The molecule has 0 spiro atoms. The van der Waals surface area contributed by atoms with Crippen LogP contribution < -0.4 is 10.5 Å². The van der Waals surface area contributed by atoms with Crippen LogP contribution >= 0.6 is 0 Å². The van der Waals surface area contributed by atoms with Crippen LogP contribution in [0.4, 0.5) is 0 Å². The van der Waals surface area contributed by atoms with Gasteiger partial charge in [0.25, 0.3) is 0 Å². The fourth-order valence-corrected chi connectivity index (χ4v) is 1.56. The van der Waals surface area contributed by atoms with Gasteiger partial charge in [0.05, 0.1) is 26.4 Å². The first-order valence-electron chi connectivity index (χ1n) is 4.31. The van der Waals surface area contributed by atoms with Crippen LogP contribution in [-0.2, 0) is 11.3 Å². The summed E-state index contributed by atoms with van der Waals surface area (Å²) in [6.45, 7) is 1.26. The first-order chi connectivity index (χ1) is 6.31. The lowest BCUT2D eigenvalue weighted by atomic mass is 9.99. The Bertz CT molecular complexity index is 312. The van der Waals surface area contributed by atoms with Crippen molar-refractivity contribution in [2.24, 2.45) is 5.73 Å². The number of ether oxygens (including phenoxy) is 2. The minimum atomic E-state index is -0.0150. The van der Waals surface area contributed by atoms with Crippen LogP contribution in [0.1, 0.15) is 17.2 Å². The van der Waals surface area contributed by atoms with Crippen molar-refractivity contribution in [1.82, 2.24) is 0 Å². The molecule has 2 N–H and O–H groups in total. The normalized spacial score (nSPS) is 20.9. The van der Waals surface area contributed by atoms with Crippen LogP contribution in [0.25, 0.3) is 0 Å². The van der Waals surface area contributed by atoms with Crippen molar-refractivity contribution in [2.45, 2.75) is 12.6 Å². The fourth-order valence-electron chi connectivity index (χ4n) is 1.56. The van der Waals surface area contributed by atoms with Crippen molar-refractivity contribution in [3.05, 3.63) is 29.3 Å². The number of rotatable bonds is 1. The molecule has 1 unspecified atom stereocenters. The Labute approximate surface area is 77.5 Å². The molecule has 0 saturated carbocycles. The molecule has 1 aromatic carbocycles. The second kappa shape index (κ2) is 3.36. The van der Waals surface area contributed by atoms with Gasteiger partial charge in [-0.3, -0.25) is 0 Å². The predicted octanol–water partition coefficient (Wildman–Crippen LogP) is 1.23. The predicted molar refractivity (Wildman–Crippen MR) is 49.6 cm³/mol. The molecule has 3 heteroatoms. The highest BCUT2D eigenvalue weighted by molar-refractivity contribution is 5.38. The molecule has 0 aliphatic carbocycles. The topological polar surface area (TPSA) is 44.5 Å². The molecule has 0 amide bonds. The number of methoxy groups -OCH3 is 1. The third-order valence-corrected chi connectivity index (χ3v) is 2.31. The van der Waals surface area contributed by atoms with E-state index in [0.717, 1.165) is 11.3 Å². The largest absolute Gasteiger partial charge is 0.497 e. The summed E-state index contributed by atoms with van der Waals surface area (Å²) in [5, 5.41) is 0. The van der Waals surface area contributed by atoms with Crippen molar-refractivity contribution in [3.63, 3.8) is 0 Å². The monoisotopic (exact) mass is 179 g/mol. The van der Waals surface area contributed by atoms with Gasteiger partial charge < -0.3 is 15.2 Å². The van der Waals surface area contributed by atoms with Gasteiger partial charge >= 0.3 is 0 Å². The number of hydrogen-bond acceptors (Lipinski definition) is 3. The van der Waals surface area contributed by atoms with Crippen LogP contribution in [0.3, 0.4) is 0 Å². The van der Waals surface area contributed by atoms with Crippen molar-refractivity contribution in [2.75, 3.05) is 13.7 Å². The molecule has 1 atom stereocenters. The first-order valence-corrected chi connectivity index (χ1v) is 4.31. The van der Waals surface area contributed by atoms with Gasteiger partial charge in [-0.15, -0.1) is 0 Å². The quantitative estimate of drug-likeness (QED) is 0.705. The van der Waals surface area contributed by atoms with E-state index >= 15 is 0 Å². The standard InChI is InChI=1S/C10H13NO2/c1-12-8-3-2-7-5-13-6-10(11)9(7)4-8/h2-4,10H,5-6,11H2,1H3. The highest BCUT2D eigenvalue weighted by Crippen LogP contribution is 2.26. The molecule has 13 heavy (non-hydrogen) atoms. The van der Waals surface area contributed by atoms with Crippen molar-refractivity contribution in [3.8, 4) is 5.75 Å². The lowest BCUT2D eigenvalue weighted by Gasteiger charge is -2.22. The van der Waals surface area contributed by atoms with Crippen LogP contribution in [0.5, 0.6) is 5.75 Å². The Balaban J connectivity index is 2.41. The maximum absolute atomic E-state index is 5.89. The van der Waals surface area contributed by atoms with Gasteiger partial charge in [0.2, 0.25) is 0 Å². The van der Waals surface area contributed by atoms with Gasteiger partial charge in [-0.2, -0.15) is 0 Å². The summed E-state index contributed by atoms with van der Waals surface area (Å²) in [6, 6.07) is 5.91. The summed E-state index contributed by atoms with van der Waals surface area (Å²) < 4.78 is 10.4. The number of nitrogens with two attached hydrogens (primary N) is 1. The summed E-state index contributed by atoms with van der Waals surface area (Å²) in [5.41, 5.74) is 8.20. The molecule has 0 fully saturated rings. The zero-order chi connectivity index (χ0) is 9.26. The van der Waals surface area contributed by atoms with Crippen LogP contribution in [0, 0.1) is 0 Å². The maximum Gasteiger partial charge on any atom is 0.119 e. The lowest BCUT2D eigenvalue weighted by molar-refractivity contribution is 0.0922. The van der Waals surface area contributed by atoms with E-state index in [4.69, 9.17) is 15.2 Å². The van der Waals surface area contributed by atoms with E-state index in [0.29, 0.717) is 13.2 Å². The summed E-state index contributed by atoms with van der Waals surface area (Å²) in [5.74, 6) is 0.858. The average molecular weight is 179 g/mol. The third kappa shape index (κ3) is 1.53. The van der Waals surface area contributed by atoms with Gasteiger partial charge in [0.1, 0.15) is 5.75 Å². The summed E-state index contributed by atoms with van der Waals surface area (Å²) >= 11 is 0. The lowest BCUT2D eigenvalue weighted by Crippen LogP contribution is -2.23. The Morgan fingerprint density at radius 3 is 3.15 bits per heavy atom. The smallest absolute Gasteiger partial charge is 0.119 e. The minimum absolute atomic E-state index is 0.0150. The second-order valence-electron chi connectivity index (χ2n) is 3.19. The Kier molecular flexibility index (Phi) is 2.20. The summed E-state index contributed by atoms with van der Waals surface area (Å²) in [7, 11) is 1.66. The summed E-state index contributed by atoms with van der Waals surface area (Å²) in [4.78, 5) is 0. The van der Waals surface area contributed by atoms with Gasteiger partial charge in [0, 0.05) is 0 Å². The van der Waals surface area contributed by atoms with Crippen molar-refractivity contribution >= 4 is 0 Å². The maximum atomic E-state index is 5.89. The number of hydrogen-bond donors (Lipinski definition) is 1. The summed E-state index contributed by atoms with van der Waals surface area (Å²) in [6.07, 6.45) is 0. The molecular weight excluding hydrogens is 166 g/mol. The molecule has 0 saturated heterocycles. The molecule has 1 aliphatic heterocycles. The molecule has 3 nitrogen and oxygen atoms in total. The molecule has 1 heterocycles. The molecule has 2 rings (SSSR count). The van der Waals surface area contributed by atoms with Crippen LogP contribution in [0.2, 0.25) is 0 Å². The first kappa shape index (κ1) is 8.53. The Morgan fingerprint density at radius 1 is 1.54 bits per heavy atom. The molecular formula is C10H13NO2. The van der Waals surface area contributed by atoms with E-state index in [2.05, 4.69) is 0 Å². The van der Waals surface area contributed by atoms with E-state index in [-0.39, 0.29) is 6.04 Å². The highest BCUT2D eigenvalue weighted by Gasteiger charge is 2.17.